The molecule has 0 amide bonds. The molecule has 0 aliphatic carbocycles. The van der Waals surface area contributed by atoms with Gasteiger partial charge in [0.1, 0.15) is 5.82 Å². The number of rotatable bonds is 3. The summed E-state index contributed by atoms with van der Waals surface area (Å²) in [5, 5.41) is 6.81. The molecule has 0 bridgehead atoms. The number of nitrogens with two attached hydrogens (primary N) is 1. The van der Waals surface area contributed by atoms with Crippen molar-refractivity contribution < 1.29 is 0 Å². The lowest BCUT2D eigenvalue weighted by atomic mass is 10.0. The van der Waals surface area contributed by atoms with Gasteiger partial charge in [-0.05, 0) is 37.1 Å². The molecule has 94 valence electrons. The first-order chi connectivity index (χ1) is 8.84. The lowest BCUT2D eigenvalue weighted by Crippen LogP contribution is -2.18. The van der Waals surface area contributed by atoms with Crippen molar-refractivity contribution in [3.05, 3.63) is 36.0 Å². The van der Waals surface area contributed by atoms with Gasteiger partial charge < -0.3 is 5.73 Å². The van der Waals surface area contributed by atoms with E-state index in [4.69, 9.17) is 5.73 Å². The Morgan fingerprint density at radius 3 is 2.67 bits per heavy atom. The van der Waals surface area contributed by atoms with Crippen LogP contribution < -0.4 is 5.73 Å². The van der Waals surface area contributed by atoms with Gasteiger partial charge in [-0.15, -0.1) is 0 Å². The number of aromatic nitrogens is 2. The number of aromatic amines is 1. The Morgan fingerprint density at radius 2 is 1.94 bits per heavy atom. The summed E-state index contributed by atoms with van der Waals surface area (Å²) >= 11 is 0. The Labute approximate surface area is 107 Å². The van der Waals surface area contributed by atoms with E-state index in [0.717, 1.165) is 12.1 Å². The molecule has 1 saturated heterocycles. The van der Waals surface area contributed by atoms with Crippen LogP contribution in [-0.4, -0.2) is 28.2 Å². The Balaban J connectivity index is 1.92. The number of hydrogen-bond donors (Lipinski definition) is 2. The Kier molecular flexibility index (Phi) is 3.02. The van der Waals surface area contributed by atoms with Gasteiger partial charge in [-0.3, -0.25) is 10.00 Å². The van der Waals surface area contributed by atoms with E-state index in [9.17, 15) is 0 Å². The highest BCUT2D eigenvalue weighted by atomic mass is 15.1. The molecular formula is C14H18N4. The molecule has 4 nitrogen and oxygen atoms in total. The normalized spacial score (nSPS) is 16.2. The van der Waals surface area contributed by atoms with E-state index in [2.05, 4.69) is 39.4 Å². The second-order valence-corrected chi connectivity index (χ2v) is 4.84. The zero-order valence-electron chi connectivity index (χ0n) is 10.4. The van der Waals surface area contributed by atoms with Gasteiger partial charge in [0.25, 0.3) is 0 Å². The van der Waals surface area contributed by atoms with Gasteiger partial charge in [0.05, 0.1) is 6.20 Å². The molecule has 3 N–H and O–H groups in total. The van der Waals surface area contributed by atoms with Crippen molar-refractivity contribution in [2.75, 3.05) is 18.8 Å². The highest BCUT2D eigenvalue weighted by Crippen LogP contribution is 2.28. The highest BCUT2D eigenvalue weighted by molar-refractivity contribution is 5.75. The number of nitrogen functional groups attached to an aromatic ring is 1. The van der Waals surface area contributed by atoms with E-state index in [1.54, 1.807) is 6.20 Å². The second kappa shape index (κ2) is 4.82. The lowest BCUT2D eigenvalue weighted by molar-refractivity contribution is 0.332. The number of hydrogen-bond acceptors (Lipinski definition) is 3. The third kappa shape index (κ3) is 2.11. The number of nitrogens with zero attached hydrogens (tertiary/aromatic N) is 2. The van der Waals surface area contributed by atoms with Crippen LogP contribution in [0.2, 0.25) is 0 Å². The predicted molar refractivity (Wildman–Crippen MR) is 72.9 cm³/mol. The van der Waals surface area contributed by atoms with Gasteiger partial charge in [-0.1, -0.05) is 24.3 Å². The van der Waals surface area contributed by atoms with Gasteiger partial charge in [-0.2, -0.15) is 5.10 Å². The molecule has 1 aliphatic heterocycles. The Hall–Kier alpha value is -1.81. The fourth-order valence-electron chi connectivity index (χ4n) is 2.61. The molecule has 1 aromatic heterocycles. The van der Waals surface area contributed by atoms with Crippen molar-refractivity contribution >= 4 is 5.82 Å². The van der Waals surface area contributed by atoms with Crippen molar-refractivity contribution in [2.45, 2.75) is 19.4 Å². The third-order valence-corrected chi connectivity index (χ3v) is 3.57. The van der Waals surface area contributed by atoms with Crippen molar-refractivity contribution in [1.82, 2.24) is 15.1 Å². The standard InChI is InChI=1S/C14H18N4/c15-14-13(9-16-17-14)12-6-2-1-5-11(12)10-18-7-3-4-8-18/h1-2,5-6,9H,3-4,7-8,10H2,(H3,15,16,17). The molecule has 2 aromatic rings. The van der Waals surface area contributed by atoms with Gasteiger partial charge >= 0.3 is 0 Å². The summed E-state index contributed by atoms with van der Waals surface area (Å²) < 4.78 is 0. The molecule has 2 heterocycles. The van der Waals surface area contributed by atoms with Gasteiger partial charge in [0, 0.05) is 12.1 Å². The predicted octanol–water partition coefficient (Wildman–Crippen LogP) is 2.25. The number of nitrogens with one attached hydrogen (secondary N) is 1. The fourth-order valence-corrected chi connectivity index (χ4v) is 2.61. The zero-order chi connectivity index (χ0) is 12.4. The van der Waals surface area contributed by atoms with Crippen LogP contribution in [-0.2, 0) is 6.54 Å². The minimum absolute atomic E-state index is 0.642. The van der Waals surface area contributed by atoms with E-state index >= 15 is 0 Å². The number of anilines is 1. The monoisotopic (exact) mass is 242 g/mol. The van der Waals surface area contributed by atoms with Crippen molar-refractivity contribution in [1.29, 1.82) is 0 Å². The SMILES string of the molecule is Nc1[nH]ncc1-c1ccccc1CN1CCCC1. The average molecular weight is 242 g/mol. The minimum atomic E-state index is 0.642. The first-order valence-corrected chi connectivity index (χ1v) is 6.44. The molecule has 0 spiro atoms. The topological polar surface area (TPSA) is 57.9 Å². The molecule has 1 aromatic carbocycles. The summed E-state index contributed by atoms with van der Waals surface area (Å²) in [6.07, 6.45) is 4.43. The molecule has 0 radical (unpaired) electrons. The Bertz CT molecular complexity index is 526. The van der Waals surface area contributed by atoms with Crippen LogP contribution in [0, 0.1) is 0 Å². The second-order valence-electron chi connectivity index (χ2n) is 4.84. The molecule has 1 aliphatic rings. The van der Waals surface area contributed by atoms with E-state index in [0.29, 0.717) is 5.82 Å². The van der Waals surface area contributed by atoms with Gasteiger partial charge in [-0.25, -0.2) is 0 Å². The summed E-state index contributed by atoms with van der Waals surface area (Å²) in [4.78, 5) is 2.50. The number of benzene rings is 1. The average Bonchev–Trinajstić information content (AvgIpc) is 3.02. The molecule has 0 unspecified atom stereocenters. The number of H-pyrrole nitrogens is 1. The van der Waals surface area contributed by atoms with Crippen molar-refractivity contribution in [3.8, 4) is 11.1 Å². The maximum Gasteiger partial charge on any atom is 0.126 e. The maximum absolute atomic E-state index is 5.92. The summed E-state index contributed by atoms with van der Waals surface area (Å²) in [6.45, 7) is 3.41. The Morgan fingerprint density at radius 1 is 1.17 bits per heavy atom. The van der Waals surface area contributed by atoms with Crippen molar-refractivity contribution in [2.24, 2.45) is 0 Å². The van der Waals surface area contributed by atoms with E-state index in [1.165, 1.54) is 37.1 Å². The van der Waals surface area contributed by atoms with Crippen LogP contribution >= 0.6 is 0 Å². The summed E-state index contributed by atoms with van der Waals surface area (Å²) in [5.74, 6) is 0.642. The fraction of sp³-hybridized carbons (Fsp3) is 0.357. The molecule has 1 fully saturated rings. The van der Waals surface area contributed by atoms with Crippen LogP contribution in [0.5, 0.6) is 0 Å². The first kappa shape index (κ1) is 11.3. The quantitative estimate of drug-likeness (QED) is 0.868. The molecule has 18 heavy (non-hydrogen) atoms. The van der Waals surface area contributed by atoms with Crippen molar-refractivity contribution in [3.63, 3.8) is 0 Å². The zero-order valence-corrected chi connectivity index (χ0v) is 10.4. The van der Waals surface area contributed by atoms with E-state index < -0.39 is 0 Å². The van der Waals surface area contributed by atoms with Gasteiger partial charge in [0.15, 0.2) is 0 Å². The minimum Gasteiger partial charge on any atom is -0.384 e. The van der Waals surface area contributed by atoms with E-state index in [-0.39, 0.29) is 0 Å². The van der Waals surface area contributed by atoms with Crippen LogP contribution in [0.25, 0.3) is 11.1 Å². The maximum atomic E-state index is 5.92. The molecule has 0 saturated carbocycles. The molecule has 3 rings (SSSR count). The van der Waals surface area contributed by atoms with Crippen LogP contribution in [0.3, 0.4) is 0 Å². The molecule has 0 atom stereocenters. The highest BCUT2D eigenvalue weighted by Gasteiger charge is 2.15. The summed E-state index contributed by atoms with van der Waals surface area (Å²) in [7, 11) is 0. The lowest BCUT2D eigenvalue weighted by Gasteiger charge is -2.17. The van der Waals surface area contributed by atoms with Gasteiger partial charge in [0.2, 0.25) is 0 Å². The summed E-state index contributed by atoms with van der Waals surface area (Å²) in [6, 6.07) is 8.44. The summed E-state index contributed by atoms with van der Waals surface area (Å²) in [5.41, 5.74) is 9.44. The van der Waals surface area contributed by atoms with E-state index in [1.807, 2.05) is 0 Å². The smallest absolute Gasteiger partial charge is 0.126 e. The van der Waals surface area contributed by atoms with Crippen LogP contribution in [0.1, 0.15) is 18.4 Å². The molecular weight excluding hydrogens is 224 g/mol. The third-order valence-electron chi connectivity index (χ3n) is 3.57. The van der Waals surface area contributed by atoms with Crippen LogP contribution in [0.4, 0.5) is 5.82 Å². The molecule has 4 heteroatoms. The first-order valence-electron chi connectivity index (χ1n) is 6.44. The number of likely N-dealkylation sites (tertiary alicyclic amines) is 1. The largest absolute Gasteiger partial charge is 0.384 e. The van der Waals surface area contributed by atoms with Crippen LogP contribution in [0.15, 0.2) is 30.5 Å².